The van der Waals surface area contributed by atoms with Crippen LogP contribution in [-0.2, 0) is 14.3 Å². The number of benzene rings is 1. The zero-order valence-electron chi connectivity index (χ0n) is 22.1. The first-order valence-corrected chi connectivity index (χ1v) is 13.9. The minimum atomic E-state index is -1.27. The molecule has 0 saturated carbocycles. The Morgan fingerprint density at radius 2 is 1.26 bits per heavy atom. The molecule has 1 aromatic carbocycles. The van der Waals surface area contributed by atoms with Gasteiger partial charge in [-0.2, -0.15) is 0 Å². The highest BCUT2D eigenvalue weighted by Crippen LogP contribution is 2.32. The van der Waals surface area contributed by atoms with Crippen molar-refractivity contribution in [1.82, 2.24) is 0 Å². The highest BCUT2D eigenvalue weighted by atomic mass is 35.5. The van der Waals surface area contributed by atoms with Crippen LogP contribution in [0.1, 0.15) is 123 Å². The van der Waals surface area contributed by atoms with E-state index >= 15 is 0 Å². The number of carbonyl (C=O) groups is 2. The summed E-state index contributed by atoms with van der Waals surface area (Å²) in [5, 5.41) is 0.606. The molecule has 34 heavy (non-hydrogen) atoms. The number of aryl methyl sites for hydroxylation is 1. The number of rotatable bonds is 19. The van der Waals surface area contributed by atoms with E-state index in [1.807, 2.05) is 20.8 Å². The van der Waals surface area contributed by atoms with Gasteiger partial charge >= 0.3 is 11.9 Å². The summed E-state index contributed by atoms with van der Waals surface area (Å²) in [6.45, 7) is 8.10. The van der Waals surface area contributed by atoms with Crippen molar-refractivity contribution in [3.63, 3.8) is 0 Å². The van der Waals surface area contributed by atoms with E-state index in [2.05, 4.69) is 6.92 Å². The summed E-state index contributed by atoms with van der Waals surface area (Å²) >= 11 is 6.05. The molecule has 0 aliphatic carbocycles. The zero-order valence-corrected chi connectivity index (χ0v) is 22.8. The van der Waals surface area contributed by atoms with Gasteiger partial charge in [-0.1, -0.05) is 109 Å². The predicted octanol–water partition coefficient (Wildman–Crippen LogP) is 8.99. The van der Waals surface area contributed by atoms with Crippen LogP contribution in [0.4, 0.5) is 0 Å². The van der Waals surface area contributed by atoms with E-state index in [0.29, 0.717) is 30.2 Å². The molecule has 0 aliphatic rings. The fourth-order valence-electron chi connectivity index (χ4n) is 4.22. The summed E-state index contributed by atoms with van der Waals surface area (Å²) in [7, 11) is 0. The summed E-state index contributed by atoms with van der Waals surface area (Å²) in [4.78, 5) is 25.8. The molecule has 0 fully saturated rings. The van der Waals surface area contributed by atoms with E-state index in [-0.39, 0.29) is 0 Å². The van der Waals surface area contributed by atoms with Crippen LogP contribution in [0.15, 0.2) is 18.2 Å². The van der Waals surface area contributed by atoms with Crippen LogP contribution in [0.5, 0.6) is 5.75 Å². The van der Waals surface area contributed by atoms with Gasteiger partial charge in [-0.25, -0.2) is 0 Å². The molecule has 0 heterocycles. The molecule has 0 unspecified atom stereocenters. The van der Waals surface area contributed by atoms with Crippen molar-refractivity contribution < 1.29 is 19.1 Å². The normalized spacial score (nSPS) is 11.4. The van der Waals surface area contributed by atoms with Crippen LogP contribution in [0, 0.1) is 12.3 Å². The number of ether oxygens (including phenoxy) is 2. The smallest absolute Gasteiger partial charge is 0.328 e. The van der Waals surface area contributed by atoms with Gasteiger partial charge in [0, 0.05) is 5.02 Å². The third kappa shape index (κ3) is 10.8. The standard InChI is InChI=1S/C29H47ClO4/c1-5-8-9-10-11-12-13-14-15-16-17-18-19-22-33-27(31)29(6-2,7-3)28(32)34-25-20-21-26(30)24(4)23-25/h20-21,23H,5-19,22H2,1-4H3. The monoisotopic (exact) mass is 494 g/mol. The lowest BCUT2D eigenvalue weighted by Crippen LogP contribution is -2.42. The number of hydrogen-bond donors (Lipinski definition) is 0. The first kappa shape index (κ1) is 30.5. The van der Waals surface area contributed by atoms with Crippen molar-refractivity contribution in [2.75, 3.05) is 6.61 Å². The molecule has 0 amide bonds. The van der Waals surface area contributed by atoms with Gasteiger partial charge in [0.1, 0.15) is 5.75 Å². The summed E-state index contributed by atoms with van der Waals surface area (Å²) in [6, 6.07) is 5.03. The van der Waals surface area contributed by atoms with Gasteiger partial charge in [0.25, 0.3) is 0 Å². The molecule has 0 aromatic heterocycles. The second-order valence-electron chi connectivity index (χ2n) is 9.47. The first-order chi connectivity index (χ1) is 16.4. The van der Waals surface area contributed by atoms with Crippen molar-refractivity contribution >= 4 is 23.5 Å². The largest absolute Gasteiger partial charge is 0.465 e. The molecular formula is C29H47ClO4. The minimum absolute atomic E-state index is 0.340. The number of halogens is 1. The highest BCUT2D eigenvalue weighted by Gasteiger charge is 2.46. The van der Waals surface area contributed by atoms with E-state index in [1.54, 1.807) is 18.2 Å². The van der Waals surface area contributed by atoms with E-state index in [4.69, 9.17) is 21.1 Å². The van der Waals surface area contributed by atoms with Gasteiger partial charge in [-0.05, 0) is 49.9 Å². The molecule has 0 spiro atoms. The maximum Gasteiger partial charge on any atom is 0.328 e. The Balaban J connectivity index is 2.26. The molecule has 0 radical (unpaired) electrons. The quantitative estimate of drug-likeness (QED) is 0.0832. The average Bonchev–Trinajstić information content (AvgIpc) is 2.82. The number of unbranched alkanes of at least 4 members (excludes halogenated alkanes) is 12. The van der Waals surface area contributed by atoms with Gasteiger partial charge < -0.3 is 9.47 Å². The number of esters is 2. The SMILES string of the molecule is CCCCCCCCCCCCCCCOC(=O)C(CC)(CC)C(=O)Oc1ccc(Cl)c(C)c1. The Labute approximate surface area is 213 Å². The molecule has 0 N–H and O–H groups in total. The van der Waals surface area contributed by atoms with Gasteiger partial charge in [0.15, 0.2) is 5.41 Å². The Bertz CT molecular complexity index is 712. The van der Waals surface area contributed by atoms with Crippen molar-refractivity contribution in [1.29, 1.82) is 0 Å². The average molecular weight is 495 g/mol. The van der Waals surface area contributed by atoms with Crippen LogP contribution in [-0.4, -0.2) is 18.5 Å². The lowest BCUT2D eigenvalue weighted by Gasteiger charge is -2.26. The lowest BCUT2D eigenvalue weighted by atomic mass is 9.82. The molecule has 5 heteroatoms. The Hall–Kier alpha value is -1.55. The van der Waals surface area contributed by atoms with Crippen LogP contribution >= 0.6 is 11.6 Å². The molecule has 4 nitrogen and oxygen atoms in total. The van der Waals surface area contributed by atoms with E-state index in [0.717, 1.165) is 18.4 Å². The number of hydrogen-bond acceptors (Lipinski definition) is 4. The maximum atomic E-state index is 12.9. The fraction of sp³-hybridized carbons (Fsp3) is 0.724. The summed E-state index contributed by atoms with van der Waals surface area (Å²) < 4.78 is 11.1. The predicted molar refractivity (Wildman–Crippen MR) is 141 cm³/mol. The second-order valence-corrected chi connectivity index (χ2v) is 9.88. The van der Waals surface area contributed by atoms with E-state index in [1.165, 1.54) is 70.6 Å². The topological polar surface area (TPSA) is 52.6 Å². The van der Waals surface area contributed by atoms with E-state index < -0.39 is 17.4 Å². The lowest BCUT2D eigenvalue weighted by molar-refractivity contribution is -0.168. The highest BCUT2D eigenvalue weighted by molar-refractivity contribution is 6.31. The Morgan fingerprint density at radius 3 is 1.74 bits per heavy atom. The van der Waals surface area contributed by atoms with Gasteiger partial charge in [0.2, 0.25) is 0 Å². The van der Waals surface area contributed by atoms with Crippen LogP contribution < -0.4 is 4.74 Å². The van der Waals surface area contributed by atoms with Crippen molar-refractivity contribution in [3.05, 3.63) is 28.8 Å². The zero-order chi connectivity index (χ0) is 25.2. The van der Waals surface area contributed by atoms with Crippen LogP contribution in [0.2, 0.25) is 5.02 Å². The van der Waals surface area contributed by atoms with Gasteiger partial charge in [-0.15, -0.1) is 0 Å². The summed E-state index contributed by atoms with van der Waals surface area (Å²) in [5.74, 6) is -0.649. The summed E-state index contributed by atoms with van der Waals surface area (Å²) in [6.07, 6.45) is 17.2. The van der Waals surface area contributed by atoms with Crippen molar-refractivity contribution in [2.45, 2.75) is 124 Å². The second kappa shape index (κ2) is 17.8. The Kier molecular flexibility index (Phi) is 16.0. The van der Waals surface area contributed by atoms with Crippen molar-refractivity contribution in [2.24, 2.45) is 5.41 Å². The Morgan fingerprint density at radius 1 is 0.765 bits per heavy atom. The molecule has 0 atom stereocenters. The third-order valence-corrected chi connectivity index (χ3v) is 7.23. The fourth-order valence-corrected chi connectivity index (χ4v) is 4.34. The van der Waals surface area contributed by atoms with Crippen LogP contribution in [0.3, 0.4) is 0 Å². The summed E-state index contributed by atoms with van der Waals surface area (Å²) in [5.41, 5.74) is -0.458. The van der Waals surface area contributed by atoms with E-state index in [9.17, 15) is 9.59 Å². The first-order valence-electron chi connectivity index (χ1n) is 13.6. The molecule has 1 rings (SSSR count). The molecule has 0 aliphatic heterocycles. The van der Waals surface area contributed by atoms with Gasteiger partial charge in [0.05, 0.1) is 6.61 Å². The molecule has 0 bridgehead atoms. The number of carbonyl (C=O) groups excluding carboxylic acids is 2. The molecule has 1 aromatic rings. The van der Waals surface area contributed by atoms with Crippen LogP contribution in [0.25, 0.3) is 0 Å². The minimum Gasteiger partial charge on any atom is -0.465 e. The van der Waals surface area contributed by atoms with Gasteiger partial charge in [-0.3, -0.25) is 9.59 Å². The molecule has 194 valence electrons. The third-order valence-electron chi connectivity index (χ3n) is 6.81. The molecule has 0 saturated heterocycles. The maximum absolute atomic E-state index is 12.9. The van der Waals surface area contributed by atoms with Crippen molar-refractivity contribution in [3.8, 4) is 5.75 Å². The molecular weight excluding hydrogens is 448 g/mol.